The van der Waals surface area contributed by atoms with Gasteiger partial charge in [-0.25, -0.2) is 9.37 Å². The summed E-state index contributed by atoms with van der Waals surface area (Å²) in [5, 5.41) is 3.67. The van der Waals surface area contributed by atoms with Crippen LogP contribution < -0.4 is 10.9 Å². The van der Waals surface area contributed by atoms with Gasteiger partial charge in [0.1, 0.15) is 17.0 Å². The molecule has 0 atom stereocenters. The maximum atomic E-state index is 14.1. The number of benzene rings is 2. The molecular formula is C22H14BrClFN3O2. The number of carbonyl (C=O) groups excluding carboxylic acids is 1. The molecule has 0 unspecified atom stereocenters. The molecule has 2 aromatic heterocycles. The highest BCUT2D eigenvalue weighted by Crippen LogP contribution is 2.20. The number of anilines is 1. The molecule has 4 rings (SSSR count). The van der Waals surface area contributed by atoms with Crippen LogP contribution in [0.5, 0.6) is 0 Å². The van der Waals surface area contributed by atoms with Gasteiger partial charge in [0.2, 0.25) is 0 Å². The van der Waals surface area contributed by atoms with Crippen LogP contribution in [-0.4, -0.2) is 15.5 Å². The molecule has 5 nitrogen and oxygen atoms in total. The van der Waals surface area contributed by atoms with Crippen LogP contribution in [0.4, 0.5) is 10.1 Å². The summed E-state index contributed by atoms with van der Waals surface area (Å²) in [4.78, 5) is 30.3. The van der Waals surface area contributed by atoms with Gasteiger partial charge in [-0.05, 0) is 54.1 Å². The molecule has 1 N–H and O–H groups in total. The molecule has 0 aliphatic carbocycles. The second-order valence-corrected chi connectivity index (χ2v) is 7.92. The third kappa shape index (κ3) is 4.13. The summed E-state index contributed by atoms with van der Waals surface area (Å²) in [7, 11) is 0. The standard InChI is InChI=1S/C22H14BrClFN3O2/c23-15-5-8-19(18(25)11-15)27-21(29)17-10-14-2-1-9-26-20(14)28(22(17)30)12-13-3-6-16(24)7-4-13/h1-11H,12H2,(H,27,29). The van der Waals surface area contributed by atoms with E-state index in [4.69, 9.17) is 11.6 Å². The van der Waals surface area contributed by atoms with E-state index in [1.54, 1.807) is 48.7 Å². The van der Waals surface area contributed by atoms with Crippen LogP contribution in [0.15, 0.2) is 76.1 Å². The Balaban J connectivity index is 1.78. The van der Waals surface area contributed by atoms with Crippen molar-refractivity contribution in [3.8, 4) is 0 Å². The van der Waals surface area contributed by atoms with E-state index in [1.165, 1.54) is 22.8 Å². The van der Waals surface area contributed by atoms with Crippen LogP contribution in [-0.2, 0) is 6.54 Å². The topological polar surface area (TPSA) is 64.0 Å². The van der Waals surface area contributed by atoms with E-state index in [0.29, 0.717) is 20.5 Å². The number of nitrogens with one attached hydrogen (secondary N) is 1. The normalized spacial score (nSPS) is 10.9. The van der Waals surface area contributed by atoms with Gasteiger partial charge < -0.3 is 5.32 Å². The number of hydrogen-bond donors (Lipinski definition) is 1. The first-order valence-corrected chi connectivity index (χ1v) is 10.1. The molecule has 0 saturated heterocycles. The molecule has 0 saturated carbocycles. The Kier molecular flexibility index (Phi) is 5.65. The van der Waals surface area contributed by atoms with Gasteiger partial charge in [-0.15, -0.1) is 0 Å². The van der Waals surface area contributed by atoms with Crippen LogP contribution in [0.3, 0.4) is 0 Å². The average Bonchev–Trinajstić information content (AvgIpc) is 2.73. The Hall–Kier alpha value is -3.03. The van der Waals surface area contributed by atoms with Gasteiger partial charge in [-0.2, -0.15) is 0 Å². The van der Waals surface area contributed by atoms with Crippen LogP contribution in [0.1, 0.15) is 15.9 Å². The second-order valence-electron chi connectivity index (χ2n) is 6.57. The van der Waals surface area contributed by atoms with Gasteiger partial charge in [0.15, 0.2) is 0 Å². The molecule has 0 fully saturated rings. The molecular weight excluding hydrogens is 473 g/mol. The summed E-state index contributed by atoms with van der Waals surface area (Å²) >= 11 is 9.11. The molecule has 8 heteroatoms. The summed E-state index contributed by atoms with van der Waals surface area (Å²) in [5.74, 6) is -1.31. The predicted molar refractivity (Wildman–Crippen MR) is 119 cm³/mol. The molecule has 0 bridgehead atoms. The van der Waals surface area contributed by atoms with Crippen molar-refractivity contribution < 1.29 is 9.18 Å². The maximum Gasteiger partial charge on any atom is 0.265 e. The van der Waals surface area contributed by atoms with Crippen molar-refractivity contribution in [1.82, 2.24) is 9.55 Å². The van der Waals surface area contributed by atoms with E-state index in [9.17, 15) is 14.0 Å². The van der Waals surface area contributed by atoms with Gasteiger partial charge in [-0.1, -0.05) is 39.7 Å². The monoisotopic (exact) mass is 485 g/mol. The lowest BCUT2D eigenvalue weighted by Crippen LogP contribution is -2.30. The Labute approximate surface area is 184 Å². The van der Waals surface area contributed by atoms with Crippen molar-refractivity contribution in [2.75, 3.05) is 5.32 Å². The van der Waals surface area contributed by atoms with E-state index in [-0.39, 0.29) is 17.8 Å². The summed E-state index contributed by atoms with van der Waals surface area (Å²) in [5.41, 5.74) is 0.630. The van der Waals surface area contributed by atoms with Crippen molar-refractivity contribution in [3.63, 3.8) is 0 Å². The number of amides is 1. The zero-order chi connectivity index (χ0) is 21.3. The lowest BCUT2D eigenvalue weighted by Gasteiger charge is -2.13. The lowest BCUT2D eigenvalue weighted by molar-refractivity contribution is 0.102. The van der Waals surface area contributed by atoms with Crippen molar-refractivity contribution in [3.05, 3.63) is 104 Å². The highest BCUT2D eigenvalue weighted by atomic mass is 79.9. The third-order valence-electron chi connectivity index (χ3n) is 4.53. The number of rotatable bonds is 4. The van der Waals surface area contributed by atoms with Crippen LogP contribution in [0.25, 0.3) is 11.0 Å². The fourth-order valence-electron chi connectivity index (χ4n) is 3.07. The molecule has 1 amide bonds. The first-order valence-electron chi connectivity index (χ1n) is 8.92. The van der Waals surface area contributed by atoms with E-state index in [2.05, 4.69) is 26.2 Å². The largest absolute Gasteiger partial charge is 0.319 e. The van der Waals surface area contributed by atoms with Gasteiger partial charge in [0, 0.05) is 21.1 Å². The number of halogens is 3. The van der Waals surface area contributed by atoms with Gasteiger partial charge in [0.05, 0.1) is 12.2 Å². The summed E-state index contributed by atoms with van der Waals surface area (Å²) in [6, 6.07) is 16.3. The van der Waals surface area contributed by atoms with E-state index in [1.807, 2.05) is 0 Å². The minimum absolute atomic E-state index is 0.0156. The minimum atomic E-state index is -0.697. The molecule has 150 valence electrons. The van der Waals surface area contributed by atoms with Crippen molar-refractivity contribution in [2.24, 2.45) is 0 Å². The predicted octanol–water partition coefficient (Wildman–Crippen LogP) is 5.25. The highest BCUT2D eigenvalue weighted by Gasteiger charge is 2.18. The fraction of sp³-hybridized carbons (Fsp3) is 0.0455. The minimum Gasteiger partial charge on any atom is -0.319 e. The number of carbonyl (C=O) groups is 1. The van der Waals surface area contributed by atoms with Gasteiger partial charge >= 0.3 is 0 Å². The van der Waals surface area contributed by atoms with Crippen LogP contribution >= 0.6 is 27.5 Å². The Morgan fingerprint density at radius 3 is 2.63 bits per heavy atom. The van der Waals surface area contributed by atoms with Crippen molar-refractivity contribution >= 4 is 50.2 Å². The molecule has 0 radical (unpaired) electrons. The number of nitrogens with zero attached hydrogens (tertiary/aromatic N) is 2. The molecule has 2 heterocycles. The summed E-state index contributed by atoms with van der Waals surface area (Å²) in [6.07, 6.45) is 1.58. The maximum absolute atomic E-state index is 14.1. The fourth-order valence-corrected chi connectivity index (χ4v) is 3.53. The van der Waals surface area contributed by atoms with Crippen molar-refractivity contribution in [1.29, 1.82) is 0 Å². The Bertz CT molecular complexity index is 1320. The highest BCUT2D eigenvalue weighted by molar-refractivity contribution is 9.10. The second kappa shape index (κ2) is 8.38. The number of pyridine rings is 2. The first kappa shape index (κ1) is 20.3. The molecule has 30 heavy (non-hydrogen) atoms. The average molecular weight is 487 g/mol. The molecule has 2 aromatic carbocycles. The van der Waals surface area contributed by atoms with E-state index >= 15 is 0 Å². The zero-order valence-corrected chi connectivity index (χ0v) is 17.7. The molecule has 0 aliphatic heterocycles. The Morgan fingerprint density at radius 2 is 1.90 bits per heavy atom. The summed E-state index contributed by atoms with van der Waals surface area (Å²) in [6.45, 7) is 0.206. The van der Waals surface area contributed by atoms with E-state index in [0.717, 1.165) is 5.56 Å². The van der Waals surface area contributed by atoms with Gasteiger partial charge in [-0.3, -0.25) is 14.2 Å². The number of hydrogen-bond acceptors (Lipinski definition) is 3. The molecule has 0 spiro atoms. The smallest absolute Gasteiger partial charge is 0.265 e. The third-order valence-corrected chi connectivity index (χ3v) is 5.27. The van der Waals surface area contributed by atoms with Crippen LogP contribution in [0, 0.1) is 5.82 Å². The zero-order valence-electron chi connectivity index (χ0n) is 15.4. The van der Waals surface area contributed by atoms with Crippen molar-refractivity contribution in [2.45, 2.75) is 6.54 Å². The van der Waals surface area contributed by atoms with E-state index < -0.39 is 17.3 Å². The molecule has 4 aromatic rings. The summed E-state index contributed by atoms with van der Waals surface area (Å²) < 4.78 is 16.1. The van der Waals surface area contributed by atoms with Crippen LogP contribution in [0.2, 0.25) is 5.02 Å². The first-order chi connectivity index (χ1) is 14.4. The van der Waals surface area contributed by atoms with Gasteiger partial charge in [0.25, 0.3) is 11.5 Å². The number of aromatic nitrogens is 2. The Morgan fingerprint density at radius 1 is 1.13 bits per heavy atom. The SMILES string of the molecule is O=C(Nc1ccc(Br)cc1F)c1cc2cccnc2n(Cc2ccc(Cl)cc2)c1=O. The quantitative estimate of drug-likeness (QED) is 0.428. The lowest BCUT2D eigenvalue weighted by atomic mass is 10.1. The molecule has 0 aliphatic rings. The number of fused-ring (bicyclic) bond motifs is 1.